The first kappa shape index (κ1) is 25.8. The molecule has 2 heterocycles. The molecule has 0 bridgehead atoms. The number of aliphatic hydroxyl groups excluding tert-OH is 1. The van der Waals surface area contributed by atoms with Gasteiger partial charge < -0.3 is 30.5 Å². The molecule has 4 rings (SSSR count). The highest BCUT2D eigenvalue weighted by atomic mass is 19.1. The minimum atomic E-state index is -1.000. The number of morpholine rings is 1. The zero-order valence-electron chi connectivity index (χ0n) is 20.0. The number of cyclic esters (lactones) is 1. The minimum Gasteiger partial charge on any atom is -0.442 e. The predicted molar refractivity (Wildman–Crippen MR) is 124 cm³/mol. The quantitative estimate of drug-likeness (QED) is 0.433. The van der Waals surface area contributed by atoms with Crippen LogP contribution in [-0.4, -0.2) is 103 Å². The summed E-state index contributed by atoms with van der Waals surface area (Å²) < 4.78 is 25.8. The van der Waals surface area contributed by atoms with E-state index >= 15 is 0 Å². The second-order valence-corrected chi connectivity index (χ2v) is 10.1. The van der Waals surface area contributed by atoms with E-state index in [2.05, 4.69) is 10.2 Å². The van der Waals surface area contributed by atoms with Crippen molar-refractivity contribution in [3.63, 3.8) is 0 Å². The Balaban J connectivity index is 1.19. The number of rotatable bonds is 7. The van der Waals surface area contributed by atoms with Crippen LogP contribution < -0.4 is 11.1 Å². The van der Waals surface area contributed by atoms with Crippen LogP contribution in [0.15, 0.2) is 12.2 Å². The van der Waals surface area contributed by atoms with Crippen molar-refractivity contribution in [1.29, 1.82) is 0 Å². The number of nitrogens with one attached hydrogen (secondary N) is 1. The van der Waals surface area contributed by atoms with Crippen LogP contribution in [0.4, 0.5) is 9.18 Å². The van der Waals surface area contributed by atoms with Gasteiger partial charge in [0.25, 0.3) is 0 Å². The summed E-state index contributed by atoms with van der Waals surface area (Å²) in [6, 6.07) is -0.319. The monoisotopic (exact) mass is 496 g/mol. The average Bonchev–Trinajstić information content (AvgIpc) is 3.22. The Morgan fingerprint density at radius 3 is 2.63 bits per heavy atom. The molecule has 0 aromatic heterocycles. The van der Waals surface area contributed by atoms with Crippen molar-refractivity contribution in [3.8, 4) is 0 Å². The molecule has 3 amide bonds. The third kappa shape index (κ3) is 6.50. The van der Waals surface area contributed by atoms with Gasteiger partial charge in [0.1, 0.15) is 12.3 Å². The molecule has 2 saturated heterocycles. The summed E-state index contributed by atoms with van der Waals surface area (Å²) in [5.41, 5.74) is 5.29. The maximum absolute atomic E-state index is 15.0. The minimum absolute atomic E-state index is 0.00705. The molecule has 10 nitrogen and oxygen atoms in total. The lowest BCUT2D eigenvalue weighted by Crippen LogP contribution is -2.53. The fourth-order valence-corrected chi connectivity index (χ4v) is 5.81. The van der Waals surface area contributed by atoms with Crippen molar-refractivity contribution in [3.05, 3.63) is 12.2 Å². The summed E-state index contributed by atoms with van der Waals surface area (Å²) in [5.74, 6) is -1.35. The zero-order valence-corrected chi connectivity index (χ0v) is 20.0. The topological polar surface area (TPSA) is 134 Å². The van der Waals surface area contributed by atoms with Crippen molar-refractivity contribution >= 4 is 17.9 Å². The van der Waals surface area contributed by atoms with E-state index in [1.165, 1.54) is 6.08 Å². The molecule has 196 valence electrons. The summed E-state index contributed by atoms with van der Waals surface area (Å²) >= 11 is 0. The van der Waals surface area contributed by atoms with Crippen LogP contribution in [0.2, 0.25) is 0 Å². The van der Waals surface area contributed by atoms with Crippen molar-refractivity contribution < 1.29 is 33.4 Å². The number of nitrogens with two attached hydrogens (primary N) is 1. The Kier molecular flexibility index (Phi) is 8.61. The number of alkyl halides is 1. The fourth-order valence-electron chi connectivity index (χ4n) is 5.81. The van der Waals surface area contributed by atoms with Gasteiger partial charge in [0.05, 0.1) is 38.3 Å². The van der Waals surface area contributed by atoms with E-state index in [1.807, 2.05) is 0 Å². The molecule has 35 heavy (non-hydrogen) atoms. The third-order valence-electron chi connectivity index (χ3n) is 7.81. The molecule has 0 aromatic rings. The van der Waals surface area contributed by atoms with E-state index in [0.717, 1.165) is 19.5 Å². The number of aliphatic hydroxyl groups is 1. The van der Waals surface area contributed by atoms with Crippen LogP contribution in [0.3, 0.4) is 0 Å². The Bertz CT molecular complexity index is 807. The van der Waals surface area contributed by atoms with Gasteiger partial charge in [-0.15, -0.1) is 0 Å². The number of halogens is 1. The van der Waals surface area contributed by atoms with Gasteiger partial charge in [-0.25, -0.2) is 9.18 Å². The molecule has 2 saturated carbocycles. The highest BCUT2D eigenvalue weighted by Gasteiger charge is 2.42. The number of carbonyl (C=O) groups excluding carboxylic acids is 3. The summed E-state index contributed by atoms with van der Waals surface area (Å²) in [6.07, 6.45) is 3.68. The van der Waals surface area contributed by atoms with Crippen LogP contribution in [0, 0.1) is 11.8 Å². The van der Waals surface area contributed by atoms with E-state index in [1.54, 1.807) is 11.0 Å². The Labute approximate surface area is 205 Å². The second-order valence-electron chi connectivity index (χ2n) is 10.1. The first-order valence-electron chi connectivity index (χ1n) is 12.7. The van der Waals surface area contributed by atoms with Gasteiger partial charge >= 0.3 is 6.09 Å². The molecule has 11 heteroatoms. The smallest absolute Gasteiger partial charge is 0.410 e. The second kappa shape index (κ2) is 11.7. The molecule has 0 spiro atoms. The van der Waals surface area contributed by atoms with Gasteiger partial charge in [-0.3, -0.25) is 14.5 Å². The molecule has 4 aliphatic rings. The predicted octanol–water partition coefficient (Wildman–Crippen LogP) is 0.334. The van der Waals surface area contributed by atoms with Gasteiger partial charge in [0.15, 0.2) is 0 Å². The number of allylic oxidation sites excluding steroid dienone is 1. The first-order valence-corrected chi connectivity index (χ1v) is 12.7. The third-order valence-corrected chi connectivity index (χ3v) is 7.81. The van der Waals surface area contributed by atoms with Gasteiger partial charge in [-0.05, 0) is 44.1 Å². The maximum Gasteiger partial charge on any atom is 0.410 e. The fraction of sp³-hybridized carbons (Fsp3) is 0.792. The first-order chi connectivity index (χ1) is 16.8. The van der Waals surface area contributed by atoms with Crippen molar-refractivity contribution in [1.82, 2.24) is 15.1 Å². The average molecular weight is 497 g/mol. The highest BCUT2D eigenvalue weighted by molar-refractivity contribution is 5.87. The lowest BCUT2D eigenvalue weighted by atomic mass is 9.79. The van der Waals surface area contributed by atoms with E-state index in [9.17, 15) is 23.9 Å². The van der Waals surface area contributed by atoms with Crippen LogP contribution >= 0.6 is 0 Å². The highest BCUT2D eigenvalue weighted by Crippen LogP contribution is 2.32. The lowest BCUT2D eigenvalue weighted by molar-refractivity contribution is -0.127. The molecule has 4 N–H and O–H groups in total. The summed E-state index contributed by atoms with van der Waals surface area (Å²) in [4.78, 5) is 39.7. The van der Waals surface area contributed by atoms with Gasteiger partial charge in [0.2, 0.25) is 11.8 Å². The number of hydrogen-bond acceptors (Lipinski definition) is 7. The van der Waals surface area contributed by atoms with Crippen LogP contribution in [0.1, 0.15) is 38.5 Å². The Morgan fingerprint density at radius 1 is 1.17 bits per heavy atom. The lowest BCUT2D eigenvalue weighted by Gasteiger charge is -2.42. The Hall–Kier alpha value is -2.24. The van der Waals surface area contributed by atoms with E-state index in [-0.39, 0.29) is 30.5 Å². The number of hydrogen-bond donors (Lipinski definition) is 3. The molecule has 6 unspecified atom stereocenters. The summed E-state index contributed by atoms with van der Waals surface area (Å²) in [7, 11) is 0. The largest absolute Gasteiger partial charge is 0.442 e. The Morgan fingerprint density at radius 2 is 1.94 bits per heavy atom. The van der Waals surface area contributed by atoms with Crippen LogP contribution in [-0.2, 0) is 19.1 Å². The van der Waals surface area contributed by atoms with E-state index in [4.69, 9.17) is 15.2 Å². The number of amides is 3. The molecule has 2 aliphatic heterocycles. The molecular formula is C24H37FN4O6. The normalized spacial score (nSPS) is 36.8. The molecular weight excluding hydrogens is 459 g/mol. The SMILES string of the molecule is NC(=O)C1CCC(/C=C/C(=O)NC[C@H]2CN(C3CCC(N4CCOCC4)C(F)C3)C(=O)O2)CC1O. The molecule has 0 radical (unpaired) electrons. The summed E-state index contributed by atoms with van der Waals surface area (Å²) in [5, 5.41) is 12.8. The number of nitrogens with zero attached hydrogens (tertiary/aromatic N) is 2. The van der Waals surface area contributed by atoms with Gasteiger partial charge in [0, 0.05) is 31.6 Å². The maximum atomic E-state index is 15.0. The zero-order chi connectivity index (χ0) is 24.9. The van der Waals surface area contributed by atoms with Crippen LogP contribution in [0.5, 0.6) is 0 Å². The molecule has 4 fully saturated rings. The van der Waals surface area contributed by atoms with Crippen molar-refractivity contribution in [2.24, 2.45) is 17.6 Å². The number of primary amides is 1. The number of ether oxygens (including phenoxy) is 2. The standard InChI is InChI=1S/C24H37FN4O6/c25-19-12-16(3-5-20(19)28-7-9-34-10-8-28)29-14-17(35-24(29)33)13-27-22(31)6-2-15-1-4-18(23(26)32)21(30)11-15/h2,6,15-21,30H,1,3-5,7-14H2,(H2,26,32)(H,27,31)/b6-2+/t15?,16?,17-,18?,19?,20?,21?/m0/s1. The summed E-state index contributed by atoms with van der Waals surface area (Å²) in [6.45, 7) is 3.24. The van der Waals surface area contributed by atoms with Crippen molar-refractivity contribution in [2.45, 2.75) is 69.0 Å². The van der Waals surface area contributed by atoms with Gasteiger partial charge in [-0.2, -0.15) is 0 Å². The van der Waals surface area contributed by atoms with Crippen molar-refractivity contribution in [2.75, 3.05) is 39.4 Å². The number of carbonyl (C=O) groups is 3. The molecule has 2 aliphatic carbocycles. The van der Waals surface area contributed by atoms with Gasteiger partial charge in [-0.1, -0.05) is 6.08 Å². The molecule has 0 aromatic carbocycles. The van der Waals surface area contributed by atoms with Crippen LogP contribution in [0.25, 0.3) is 0 Å². The molecule has 7 atom stereocenters. The van der Waals surface area contributed by atoms with E-state index in [0.29, 0.717) is 51.9 Å². The van der Waals surface area contributed by atoms with E-state index < -0.39 is 36.3 Å².